The van der Waals surface area contributed by atoms with Crippen LogP contribution in [0.4, 0.5) is 18.9 Å². The van der Waals surface area contributed by atoms with Crippen LogP contribution in [-0.4, -0.2) is 54.8 Å². The Morgan fingerprint density at radius 1 is 1.24 bits per heavy atom. The van der Waals surface area contributed by atoms with E-state index in [9.17, 15) is 18.0 Å². The third-order valence-electron chi connectivity index (χ3n) is 4.27. The lowest BCUT2D eigenvalue weighted by molar-refractivity contribution is -0.137. The van der Waals surface area contributed by atoms with Crippen molar-refractivity contribution in [3.8, 4) is 0 Å². The van der Waals surface area contributed by atoms with E-state index in [1.807, 2.05) is 0 Å². The molecule has 0 unspecified atom stereocenters. The number of rotatable bonds is 7. The molecule has 0 radical (unpaired) electrons. The van der Waals surface area contributed by atoms with Gasteiger partial charge in [0.05, 0.1) is 11.3 Å². The van der Waals surface area contributed by atoms with Crippen molar-refractivity contribution in [2.45, 2.75) is 26.4 Å². The van der Waals surface area contributed by atoms with Crippen molar-refractivity contribution in [1.82, 2.24) is 9.80 Å². The van der Waals surface area contributed by atoms with Gasteiger partial charge in [0, 0.05) is 26.1 Å². The Hall–Kier alpha value is -2.09. The highest BCUT2D eigenvalue weighted by Crippen LogP contribution is 2.32. The standard InChI is InChI=1S/C17H23F3N4O/c1-3-22(4-2)10-11-23(13-25)16-8-9-24(21-16)15-7-5-6-14(12-15)17(18,19)20/h5-7,12-13H,3-4,8-11H2,1-2H3. The van der Waals surface area contributed by atoms with Gasteiger partial charge in [0.1, 0.15) is 5.84 Å². The molecule has 1 aliphatic rings. The summed E-state index contributed by atoms with van der Waals surface area (Å²) in [6.07, 6.45) is -3.13. The number of nitrogens with zero attached hydrogens (tertiary/aromatic N) is 4. The van der Waals surface area contributed by atoms with Crippen molar-refractivity contribution >= 4 is 17.9 Å². The molecule has 0 aliphatic carbocycles. The van der Waals surface area contributed by atoms with Crippen LogP contribution in [0.5, 0.6) is 0 Å². The van der Waals surface area contributed by atoms with Gasteiger partial charge < -0.3 is 9.80 Å². The van der Waals surface area contributed by atoms with E-state index in [0.717, 1.165) is 38.2 Å². The monoisotopic (exact) mass is 356 g/mol. The molecule has 1 amide bonds. The Morgan fingerprint density at radius 3 is 2.56 bits per heavy atom. The molecule has 1 heterocycles. The Balaban J connectivity index is 2.09. The second-order valence-corrected chi connectivity index (χ2v) is 5.76. The van der Waals surface area contributed by atoms with E-state index >= 15 is 0 Å². The van der Waals surface area contributed by atoms with Crippen molar-refractivity contribution in [2.24, 2.45) is 5.10 Å². The fourth-order valence-corrected chi connectivity index (χ4v) is 2.71. The summed E-state index contributed by atoms with van der Waals surface area (Å²) >= 11 is 0. The van der Waals surface area contributed by atoms with Crippen LogP contribution in [0.15, 0.2) is 29.4 Å². The summed E-state index contributed by atoms with van der Waals surface area (Å²) in [6, 6.07) is 5.06. The first-order valence-corrected chi connectivity index (χ1v) is 8.35. The first-order valence-electron chi connectivity index (χ1n) is 8.35. The van der Waals surface area contributed by atoms with E-state index in [1.165, 1.54) is 16.0 Å². The zero-order valence-electron chi connectivity index (χ0n) is 14.5. The molecule has 1 aromatic rings. The minimum atomic E-state index is -4.39. The number of halogens is 3. The zero-order valence-corrected chi connectivity index (χ0v) is 14.5. The number of hydrazone groups is 1. The third kappa shape index (κ3) is 4.94. The molecule has 0 N–H and O–H groups in total. The zero-order chi connectivity index (χ0) is 18.4. The molecule has 25 heavy (non-hydrogen) atoms. The summed E-state index contributed by atoms with van der Waals surface area (Å²) in [6.45, 7) is 7.59. The number of benzene rings is 1. The number of hydrogen-bond acceptors (Lipinski definition) is 4. The summed E-state index contributed by atoms with van der Waals surface area (Å²) < 4.78 is 38.5. The summed E-state index contributed by atoms with van der Waals surface area (Å²) in [5.74, 6) is 0.583. The van der Waals surface area contributed by atoms with E-state index in [2.05, 4.69) is 23.8 Å². The van der Waals surface area contributed by atoms with Gasteiger partial charge in [-0.3, -0.25) is 9.80 Å². The Kier molecular flexibility index (Phi) is 6.41. The summed E-state index contributed by atoms with van der Waals surface area (Å²) in [7, 11) is 0. The molecule has 0 atom stereocenters. The number of anilines is 1. The SMILES string of the molecule is CCN(CC)CCN(C=O)C1=NN(c2cccc(C(F)(F)F)c2)CC1. The third-order valence-corrected chi connectivity index (χ3v) is 4.27. The van der Waals surface area contributed by atoms with Crippen LogP contribution in [0.2, 0.25) is 0 Å². The van der Waals surface area contributed by atoms with Crippen LogP contribution in [0.3, 0.4) is 0 Å². The van der Waals surface area contributed by atoms with Gasteiger partial charge in [0.15, 0.2) is 0 Å². The quantitative estimate of drug-likeness (QED) is 0.705. The fraction of sp³-hybridized carbons (Fsp3) is 0.529. The number of amidine groups is 1. The van der Waals surface area contributed by atoms with E-state index in [0.29, 0.717) is 31.0 Å². The van der Waals surface area contributed by atoms with Gasteiger partial charge in [-0.15, -0.1) is 0 Å². The van der Waals surface area contributed by atoms with Crippen LogP contribution in [-0.2, 0) is 11.0 Å². The van der Waals surface area contributed by atoms with Crippen molar-refractivity contribution in [3.05, 3.63) is 29.8 Å². The highest BCUT2D eigenvalue weighted by atomic mass is 19.4. The number of carbonyl (C=O) groups is 1. The Bertz CT molecular complexity index is 614. The van der Waals surface area contributed by atoms with E-state index in [1.54, 1.807) is 6.07 Å². The lowest BCUT2D eigenvalue weighted by Gasteiger charge is -2.22. The first-order chi connectivity index (χ1) is 11.9. The molecule has 2 rings (SSSR count). The topological polar surface area (TPSA) is 39.1 Å². The highest BCUT2D eigenvalue weighted by molar-refractivity contribution is 5.93. The van der Waals surface area contributed by atoms with Gasteiger partial charge in [-0.25, -0.2) is 0 Å². The molecule has 0 saturated carbocycles. The molecule has 138 valence electrons. The van der Waals surface area contributed by atoms with Crippen LogP contribution in [0, 0.1) is 0 Å². The van der Waals surface area contributed by atoms with Crippen molar-refractivity contribution in [3.63, 3.8) is 0 Å². The van der Waals surface area contributed by atoms with Crippen molar-refractivity contribution in [1.29, 1.82) is 0 Å². The van der Waals surface area contributed by atoms with Gasteiger partial charge in [0.25, 0.3) is 0 Å². The molecule has 0 bridgehead atoms. The predicted octanol–water partition coefficient (Wildman–Crippen LogP) is 3.03. The summed E-state index contributed by atoms with van der Waals surface area (Å²) in [4.78, 5) is 15.1. The van der Waals surface area contributed by atoms with Gasteiger partial charge in [-0.2, -0.15) is 18.3 Å². The molecule has 0 fully saturated rings. The van der Waals surface area contributed by atoms with Crippen LogP contribution < -0.4 is 5.01 Å². The molecule has 5 nitrogen and oxygen atoms in total. The normalized spacial score (nSPS) is 14.8. The number of hydrogen-bond donors (Lipinski definition) is 0. The largest absolute Gasteiger partial charge is 0.416 e. The number of likely N-dealkylation sites (N-methyl/N-ethyl adjacent to an activating group) is 1. The summed E-state index contributed by atoms with van der Waals surface area (Å²) in [5, 5.41) is 5.85. The molecule has 8 heteroatoms. The van der Waals surface area contributed by atoms with E-state index in [4.69, 9.17) is 0 Å². The number of carbonyl (C=O) groups excluding carboxylic acids is 1. The maximum absolute atomic E-state index is 12.8. The molecule has 1 aliphatic heterocycles. The van der Waals surface area contributed by atoms with E-state index in [-0.39, 0.29) is 0 Å². The Labute approximate surface area is 145 Å². The maximum atomic E-state index is 12.8. The van der Waals surface area contributed by atoms with Gasteiger partial charge in [-0.1, -0.05) is 19.9 Å². The van der Waals surface area contributed by atoms with Crippen LogP contribution >= 0.6 is 0 Å². The first kappa shape index (κ1) is 19.2. The van der Waals surface area contributed by atoms with Gasteiger partial charge in [0.2, 0.25) is 6.41 Å². The lowest BCUT2D eigenvalue weighted by Crippen LogP contribution is -2.37. The number of alkyl halides is 3. The number of amides is 1. The summed E-state index contributed by atoms with van der Waals surface area (Å²) in [5.41, 5.74) is -0.332. The Morgan fingerprint density at radius 2 is 1.96 bits per heavy atom. The average molecular weight is 356 g/mol. The van der Waals surface area contributed by atoms with Crippen molar-refractivity contribution < 1.29 is 18.0 Å². The second-order valence-electron chi connectivity index (χ2n) is 5.76. The second kappa shape index (κ2) is 8.33. The van der Waals surface area contributed by atoms with Gasteiger partial charge in [-0.05, 0) is 31.3 Å². The van der Waals surface area contributed by atoms with Crippen LogP contribution in [0.25, 0.3) is 0 Å². The minimum Gasteiger partial charge on any atom is -0.302 e. The van der Waals surface area contributed by atoms with Crippen LogP contribution in [0.1, 0.15) is 25.8 Å². The van der Waals surface area contributed by atoms with Crippen molar-refractivity contribution in [2.75, 3.05) is 37.7 Å². The molecule has 0 saturated heterocycles. The van der Waals surface area contributed by atoms with Gasteiger partial charge >= 0.3 is 6.18 Å². The highest BCUT2D eigenvalue weighted by Gasteiger charge is 2.31. The molecule has 1 aromatic carbocycles. The van der Waals surface area contributed by atoms with E-state index < -0.39 is 11.7 Å². The maximum Gasteiger partial charge on any atom is 0.416 e. The lowest BCUT2D eigenvalue weighted by atomic mass is 10.2. The smallest absolute Gasteiger partial charge is 0.302 e. The molecule has 0 aromatic heterocycles. The molecular weight excluding hydrogens is 333 g/mol. The minimum absolute atomic E-state index is 0.374. The predicted molar refractivity (Wildman–Crippen MR) is 91.4 cm³/mol. The molecule has 0 spiro atoms. The average Bonchev–Trinajstić information content (AvgIpc) is 3.08. The fourth-order valence-electron chi connectivity index (χ4n) is 2.71. The molecular formula is C17H23F3N4O.